The second-order valence-corrected chi connectivity index (χ2v) is 17.4. The first-order valence-electron chi connectivity index (χ1n) is 23.4. The lowest BCUT2D eigenvalue weighted by Crippen LogP contribution is -2.52. The summed E-state index contributed by atoms with van der Waals surface area (Å²) in [6.45, 7) is 5.18. The number of halogens is 1. The molecule has 3 aliphatic rings. The minimum Gasteiger partial charge on any atom is -0.493 e. The van der Waals surface area contributed by atoms with Crippen LogP contribution in [-0.2, 0) is 46.9 Å². The SMILES string of the molecule is CNC(=O)COc1cc2cc(Nc3nc(N4CCC(OCCOCCOCCOCCCOc5ccccc5-c5ccc6c(c5)CN(C5CCC(=O)NC5=O)C6=O)CC4)ncc3Cl)ccc2n(C)c1=O. The highest BCUT2D eigenvalue weighted by molar-refractivity contribution is 6.33. The number of para-hydroxylation sites is 1. The lowest BCUT2D eigenvalue weighted by Gasteiger charge is -2.32. The smallest absolute Gasteiger partial charge is 0.293 e. The number of fused-ring (bicyclic) bond motifs is 2. The molecule has 19 nitrogen and oxygen atoms in total. The van der Waals surface area contributed by atoms with Gasteiger partial charge >= 0.3 is 0 Å². The quantitative estimate of drug-likeness (QED) is 0.0594. The average Bonchev–Trinajstić information content (AvgIpc) is 3.69. The van der Waals surface area contributed by atoms with Crippen molar-refractivity contribution in [3.63, 3.8) is 0 Å². The number of pyridine rings is 1. The van der Waals surface area contributed by atoms with Crippen LogP contribution in [0, 0.1) is 0 Å². The van der Waals surface area contributed by atoms with Gasteiger partial charge in [-0.25, -0.2) is 4.98 Å². The van der Waals surface area contributed by atoms with Gasteiger partial charge < -0.3 is 53.4 Å². The summed E-state index contributed by atoms with van der Waals surface area (Å²) in [5.74, 6) is 0.510. The topological polar surface area (TPSA) is 214 Å². The predicted octanol–water partition coefficient (Wildman–Crippen LogP) is 4.78. The Labute approximate surface area is 409 Å². The molecule has 3 N–H and O–H groups in total. The molecule has 370 valence electrons. The van der Waals surface area contributed by atoms with Crippen LogP contribution >= 0.6 is 11.6 Å². The molecular weight excluding hydrogens is 924 g/mol. The molecule has 4 amide bonds. The number of imide groups is 1. The molecule has 5 aromatic rings. The molecule has 3 aromatic carbocycles. The molecule has 70 heavy (non-hydrogen) atoms. The number of nitrogens with zero attached hydrogens (tertiary/aromatic N) is 5. The summed E-state index contributed by atoms with van der Waals surface area (Å²) in [5, 5.41) is 9.18. The van der Waals surface area contributed by atoms with Gasteiger partial charge in [0.15, 0.2) is 18.2 Å². The van der Waals surface area contributed by atoms with Crippen molar-refractivity contribution in [2.75, 3.05) is 89.8 Å². The highest BCUT2D eigenvalue weighted by atomic mass is 35.5. The highest BCUT2D eigenvalue weighted by Gasteiger charge is 2.39. The molecule has 0 spiro atoms. The van der Waals surface area contributed by atoms with E-state index in [-0.39, 0.29) is 48.2 Å². The third kappa shape index (κ3) is 12.4. The van der Waals surface area contributed by atoms with Crippen molar-refractivity contribution in [1.82, 2.24) is 30.1 Å². The number of aryl methyl sites for hydroxylation is 1. The van der Waals surface area contributed by atoms with Crippen molar-refractivity contribution in [2.45, 2.75) is 50.8 Å². The summed E-state index contributed by atoms with van der Waals surface area (Å²) >= 11 is 6.52. The zero-order chi connectivity index (χ0) is 49.0. The number of nitrogens with one attached hydrogen (secondary N) is 3. The maximum atomic E-state index is 13.2. The maximum absolute atomic E-state index is 13.2. The molecule has 5 heterocycles. The van der Waals surface area contributed by atoms with Gasteiger partial charge in [0.1, 0.15) is 16.8 Å². The molecule has 1 unspecified atom stereocenters. The number of amides is 4. The number of likely N-dealkylation sites (N-methyl/N-ethyl adjacent to an activating group) is 1. The van der Waals surface area contributed by atoms with Crippen LogP contribution in [0.25, 0.3) is 22.0 Å². The van der Waals surface area contributed by atoms with Gasteiger partial charge in [0.25, 0.3) is 17.4 Å². The van der Waals surface area contributed by atoms with Crippen molar-refractivity contribution in [3.05, 3.63) is 99.4 Å². The van der Waals surface area contributed by atoms with Gasteiger partial charge in [-0.05, 0) is 72.9 Å². The zero-order valence-electron chi connectivity index (χ0n) is 39.2. The van der Waals surface area contributed by atoms with Gasteiger partial charge in [-0.3, -0.25) is 29.3 Å². The molecule has 20 heteroatoms. The summed E-state index contributed by atoms with van der Waals surface area (Å²) in [6.07, 6.45) is 4.50. The summed E-state index contributed by atoms with van der Waals surface area (Å²) in [4.78, 5) is 74.6. The summed E-state index contributed by atoms with van der Waals surface area (Å²) in [6, 6.07) is 19.9. The van der Waals surface area contributed by atoms with Crippen LogP contribution in [-0.4, -0.2) is 135 Å². The number of hydrogen-bond donors (Lipinski definition) is 3. The molecule has 0 radical (unpaired) electrons. The van der Waals surface area contributed by atoms with Crippen molar-refractivity contribution in [3.8, 4) is 22.6 Å². The van der Waals surface area contributed by atoms with E-state index >= 15 is 0 Å². The number of piperidine rings is 2. The Morgan fingerprint density at radius 1 is 0.829 bits per heavy atom. The third-order valence-corrected chi connectivity index (χ3v) is 12.6. The van der Waals surface area contributed by atoms with Gasteiger partial charge in [0.05, 0.1) is 64.1 Å². The van der Waals surface area contributed by atoms with Crippen molar-refractivity contribution < 1.29 is 47.6 Å². The minimum atomic E-state index is -0.657. The van der Waals surface area contributed by atoms with Gasteiger partial charge in [0, 0.05) is 75.4 Å². The molecule has 8 rings (SSSR count). The lowest BCUT2D eigenvalue weighted by atomic mass is 10.00. The fourth-order valence-electron chi connectivity index (χ4n) is 8.54. The first-order valence-corrected chi connectivity index (χ1v) is 23.8. The standard InChI is InChI=1S/C50H57ClN8O11/c1-52-45(61)31-70-43-28-33-27-35(9-11-40(33)57(2)49(43)64)54-46-39(51)29-53-50(56-46)58-16-14-36(15-17-58)68-25-24-67-23-22-66-21-20-65-18-5-19-69-42-7-4-3-6-37(42)32-8-10-38-34(26-32)30-59(48(38)63)41-12-13-44(60)55-47(41)62/h3-4,6-11,26-29,36,41H,5,12-25,30-31H2,1-2H3,(H,52,61)(H,53,54,56)(H,55,60,62). The van der Waals surface area contributed by atoms with E-state index in [0.29, 0.717) is 119 Å². The number of anilines is 3. The summed E-state index contributed by atoms with van der Waals surface area (Å²) < 4.78 is 36.4. The van der Waals surface area contributed by atoms with E-state index in [0.717, 1.165) is 40.7 Å². The number of aromatic nitrogens is 3. The lowest BCUT2D eigenvalue weighted by molar-refractivity contribution is -0.137. The maximum Gasteiger partial charge on any atom is 0.293 e. The molecule has 0 saturated carbocycles. The Balaban J connectivity index is 0.668. The van der Waals surface area contributed by atoms with E-state index in [1.54, 1.807) is 30.3 Å². The Bertz CT molecular complexity index is 2750. The van der Waals surface area contributed by atoms with Crippen LogP contribution in [0.15, 0.2) is 77.7 Å². The largest absolute Gasteiger partial charge is 0.493 e. The molecule has 1 atom stereocenters. The molecule has 2 saturated heterocycles. The van der Waals surface area contributed by atoms with E-state index in [9.17, 15) is 24.0 Å². The minimum absolute atomic E-state index is 0.0690. The number of hydrogen-bond acceptors (Lipinski definition) is 15. The molecule has 2 aromatic heterocycles. The van der Waals surface area contributed by atoms with E-state index < -0.39 is 11.9 Å². The van der Waals surface area contributed by atoms with E-state index in [4.69, 9.17) is 45.0 Å². The Morgan fingerprint density at radius 3 is 2.36 bits per heavy atom. The molecule has 2 fully saturated rings. The van der Waals surface area contributed by atoms with Gasteiger partial charge in [0.2, 0.25) is 17.8 Å². The van der Waals surface area contributed by atoms with Crippen LogP contribution < -0.4 is 35.9 Å². The van der Waals surface area contributed by atoms with Crippen molar-refractivity contribution in [1.29, 1.82) is 0 Å². The highest BCUT2D eigenvalue weighted by Crippen LogP contribution is 2.35. The molecule has 3 aliphatic heterocycles. The van der Waals surface area contributed by atoms with Gasteiger partial charge in [-0.1, -0.05) is 35.9 Å². The summed E-state index contributed by atoms with van der Waals surface area (Å²) in [5.41, 5.74) is 4.25. The second-order valence-electron chi connectivity index (χ2n) is 17.0. The zero-order valence-corrected chi connectivity index (χ0v) is 40.0. The fourth-order valence-corrected chi connectivity index (χ4v) is 8.68. The van der Waals surface area contributed by atoms with Gasteiger partial charge in [-0.15, -0.1) is 0 Å². The number of carbonyl (C=O) groups is 4. The first-order chi connectivity index (χ1) is 34.1. The average molecular weight is 982 g/mol. The van der Waals surface area contributed by atoms with E-state index in [1.807, 2.05) is 54.6 Å². The number of ether oxygens (including phenoxy) is 6. The Morgan fingerprint density at radius 2 is 1.59 bits per heavy atom. The second kappa shape index (κ2) is 23.8. The molecule has 0 bridgehead atoms. The third-order valence-electron chi connectivity index (χ3n) is 12.3. The fraction of sp³-hybridized carbons (Fsp3) is 0.420. The van der Waals surface area contributed by atoms with Crippen LogP contribution in [0.4, 0.5) is 17.5 Å². The predicted molar refractivity (Wildman–Crippen MR) is 261 cm³/mol. The van der Waals surface area contributed by atoms with Crippen LogP contribution in [0.2, 0.25) is 5.02 Å². The molecule has 0 aliphatic carbocycles. The van der Waals surface area contributed by atoms with E-state index in [2.05, 4.69) is 25.8 Å². The number of benzene rings is 3. The van der Waals surface area contributed by atoms with Crippen molar-refractivity contribution >= 4 is 63.6 Å². The number of rotatable bonds is 23. The van der Waals surface area contributed by atoms with Crippen molar-refractivity contribution in [2.24, 2.45) is 7.05 Å². The van der Waals surface area contributed by atoms with Crippen LogP contribution in [0.3, 0.4) is 0 Å². The van der Waals surface area contributed by atoms with Crippen LogP contribution in [0.1, 0.15) is 48.0 Å². The Kier molecular flexibility index (Phi) is 16.9. The number of carbonyl (C=O) groups excluding carboxylic acids is 4. The normalized spacial score (nSPS) is 16.1. The summed E-state index contributed by atoms with van der Waals surface area (Å²) in [7, 11) is 3.15. The van der Waals surface area contributed by atoms with E-state index in [1.165, 1.54) is 11.6 Å². The monoisotopic (exact) mass is 980 g/mol. The Hall–Kier alpha value is -6.64. The first kappa shape index (κ1) is 49.8. The van der Waals surface area contributed by atoms with Gasteiger partial charge in [-0.2, -0.15) is 4.98 Å². The molecular formula is C50H57ClN8O11. The van der Waals surface area contributed by atoms with Crippen LogP contribution in [0.5, 0.6) is 11.5 Å².